The lowest BCUT2D eigenvalue weighted by atomic mass is 9.97. The highest BCUT2D eigenvalue weighted by atomic mass is 16.5. The topological polar surface area (TPSA) is 21.3 Å². The second kappa shape index (κ2) is 6.75. The van der Waals surface area contributed by atoms with Crippen molar-refractivity contribution in [3.63, 3.8) is 0 Å². The average Bonchev–Trinajstić information content (AvgIpc) is 2.54. The molecule has 1 heterocycles. The van der Waals surface area contributed by atoms with Crippen LogP contribution in [0.3, 0.4) is 0 Å². The fourth-order valence-electron chi connectivity index (χ4n) is 3.44. The maximum absolute atomic E-state index is 5.62. The van der Waals surface area contributed by atoms with Crippen LogP contribution in [-0.2, 0) is 4.74 Å². The third-order valence-corrected chi connectivity index (χ3v) is 4.62. The maximum atomic E-state index is 5.62. The van der Waals surface area contributed by atoms with Crippen LogP contribution in [0.2, 0.25) is 0 Å². The van der Waals surface area contributed by atoms with Crippen LogP contribution in [0.25, 0.3) is 0 Å². The first-order valence-corrected chi connectivity index (χ1v) is 7.65. The van der Waals surface area contributed by atoms with Gasteiger partial charge in [0.2, 0.25) is 0 Å². The van der Waals surface area contributed by atoms with E-state index >= 15 is 0 Å². The van der Waals surface area contributed by atoms with E-state index in [1.165, 1.54) is 51.4 Å². The molecule has 4 unspecified atom stereocenters. The first-order valence-electron chi connectivity index (χ1n) is 7.65. The predicted octanol–water partition coefficient (Wildman–Crippen LogP) is 3.50. The molecule has 2 nitrogen and oxygen atoms in total. The van der Waals surface area contributed by atoms with Crippen molar-refractivity contribution in [2.24, 2.45) is 5.92 Å². The first-order chi connectivity index (χ1) is 8.28. The summed E-state index contributed by atoms with van der Waals surface area (Å²) in [6.45, 7) is 5.50. The Hall–Kier alpha value is -0.0800. The van der Waals surface area contributed by atoms with Crippen molar-refractivity contribution in [2.75, 3.05) is 6.61 Å². The quantitative estimate of drug-likeness (QED) is 0.761. The Morgan fingerprint density at radius 1 is 1.06 bits per heavy atom. The van der Waals surface area contributed by atoms with Gasteiger partial charge in [-0.05, 0) is 44.9 Å². The minimum absolute atomic E-state index is 0.454. The van der Waals surface area contributed by atoms with Gasteiger partial charge in [0.25, 0.3) is 0 Å². The minimum atomic E-state index is 0.454. The molecule has 4 atom stereocenters. The third-order valence-electron chi connectivity index (χ3n) is 4.62. The highest BCUT2D eigenvalue weighted by molar-refractivity contribution is 4.81. The van der Waals surface area contributed by atoms with E-state index in [0.717, 1.165) is 18.6 Å². The zero-order valence-corrected chi connectivity index (χ0v) is 11.6. The van der Waals surface area contributed by atoms with E-state index in [1.54, 1.807) is 0 Å². The van der Waals surface area contributed by atoms with E-state index < -0.39 is 0 Å². The molecule has 1 aliphatic heterocycles. The second-order valence-electron chi connectivity index (χ2n) is 6.05. The molecule has 17 heavy (non-hydrogen) atoms. The summed E-state index contributed by atoms with van der Waals surface area (Å²) in [7, 11) is 0. The van der Waals surface area contributed by atoms with Gasteiger partial charge in [-0.15, -0.1) is 0 Å². The standard InChI is InChI=1S/C15H29NO/c1-3-13-5-4-6-14(8-7-13)16-15-9-10-17-12(2)11-15/h12-16H,3-11H2,1-2H3. The van der Waals surface area contributed by atoms with Crippen molar-refractivity contribution in [1.29, 1.82) is 0 Å². The van der Waals surface area contributed by atoms with E-state index in [1.807, 2.05) is 0 Å². The molecule has 0 amide bonds. The van der Waals surface area contributed by atoms with Crippen LogP contribution in [-0.4, -0.2) is 24.8 Å². The predicted molar refractivity (Wildman–Crippen MR) is 72.2 cm³/mol. The van der Waals surface area contributed by atoms with Crippen LogP contribution in [0.15, 0.2) is 0 Å². The van der Waals surface area contributed by atoms with Gasteiger partial charge in [-0.25, -0.2) is 0 Å². The van der Waals surface area contributed by atoms with Crippen molar-refractivity contribution in [3.8, 4) is 0 Å². The van der Waals surface area contributed by atoms with Gasteiger partial charge in [0.05, 0.1) is 6.10 Å². The summed E-state index contributed by atoms with van der Waals surface area (Å²) in [5, 5.41) is 3.89. The van der Waals surface area contributed by atoms with E-state index in [-0.39, 0.29) is 0 Å². The first kappa shape index (κ1) is 13.4. The number of nitrogens with one attached hydrogen (secondary N) is 1. The fourth-order valence-corrected chi connectivity index (χ4v) is 3.44. The molecule has 1 saturated carbocycles. The lowest BCUT2D eigenvalue weighted by Crippen LogP contribution is -2.43. The molecule has 0 bridgehead atoms. The Bertz CT molecular complexity index is 219. The number of hydrogen-bond acceptors (Lipinski definition) is 2. The van der Waals surface area contributed by atoms with Crippen molar-refractivity contribution >= 4 is 0 Å². The molecule has 2 aliphatic rings. The molecule has 100 valence electrons. The van der Waals surface area contributed by atoms with Crippen molar-refractivity contribution < 1.29 is 4.74 Å². The average molecular weight is 239 g/mol. The van der Waals surface area contributed by atoms with Crippen molar-refractivity contribution in [3.05, 3.63) is 0 Å². The lowest BCUT2D eigenvalue weighted by molar-refractivity contribution is 0.0109. The van der Waals surface area contributed by atoms with Crippen LogP contribution < -0.4 is 5.32 Å². The molecule has 0 aromatic heterocycles. The summed E-state index contributed by atoms with van der Waals surface area (Å²) < 4.78 is 5.62. The van der Waals surface area contributed by atoms with Gasteiger partial charge in [0.1, 0.15) is 0 Å². The van der Waals surface area contributed by atoms with Crippen LogP contribution in [0, 0.1) is 5.92 Å². The van der Waals surface area contributed by atoms with Crippen molar-refractivity contribution in [2.45, 2.75) is 83.4 Å². The molecule has 2 rings (SSSR count). The SMILES string of the molecule is CCC1CCCC(NC2CCOC(C)C2)CC1. The Balaban J connectivity index is 1.74. The summed E-state index contributed by atoms with van der Waals surface area (Å²) in [4.78, 5) is 0. The minimum Gasteiger partial charge on any atom is -0.378 e. The van der Waals surface area contributed by atoms with Crippen LogP contribution in [0.4, 0.5) is 0 Å². The van der Waals surface area contributed by atoms with Crippen LogP contribution in [0.5, 0.6) is 0 Å². The van der Waals surface area contributed by atoms with Gasteiger partial charge < -0.3 is 10.1 Å². The highest BCUT2D eigenvalue weighted by Gasteiger charge is 2.23. The van der Waals surface area contributed by atoms with E-state index in [0.29, 0.717) is 12.1 Å². The summed E-state index contributed by atoms with van der Waals surface area (Å²) in [6, 6.07) is 1.49. The molecule has 2 fully saturated rings. The molecule has 0 radical (unpaired) electrons. The Morgan fingerprint density at radius 2 is 1.94 bits per heavy atom. The van der Waals surface area contributed by atoms with Crippen LogP contribution in [0.1, 0.15) is 65.2 Å². The van der Waals surface area contributed by atoms with E-state index in [2.05, 4.69) is 19.2 Å². The number of ether oxygens (including phenoxy) is 1. The second-order valence-corrected chi connectivity index (χ2v) is 6.05. The highest BCUT2D eigenvalue weighted by Crippen LogP contribution is 2.26. The molecule has 0 spiro atoms. The van der Waals surface area contributed by atoms with Gasteiger partial charge in [0.15, 0.2) is 0 Å². The van der Waals surface area contributed by atoms with Crippen molar-refractivity contribution in [1.82, 2.24) is 5.32 Å². The zero-order valence-electron chi connectivity index (χ0n) is 11.6. The normalized spacial score (nSPS) is 39.9. The third kappa shape index (κ3) is 4.26. The smallest absolute Gasteiger partial charge is 0.0561 e. The fraction of sp³-hybridized carbons (Fsp3) is 1.00. The molecule has 0 aromatic carbocycles. The van der Waals surface area contributed by atoms with Gasteiger partial charge in [0, 0.05) is 18.7 Å². The Morgan fingerprint density at radius 3 is 2.71 bits per heavy atom. The molecule has 1 aliphatic carbocycles. The number of rotatable bonds is 3. The summed E-state index contributed by atoms with van der Waals surface area (Å²) in [6.07, 6.45) is 11.3. The molecule has 1 saturated heterocycles. The van der Waals surface area contributed by atoms with E-state index in [9.17, 15) is 0 Å². The van der Waals surface area contributed by atoms with Gasteiger partial charge in [-0.1, -0.05) is 26.2 Å². The Kier molecular flexibility index (Phi) is 5.30. The van der Waals surface area contributed by atoms with Gasteiger partial charge in [-0.2, -0.15) is 0 Å². The van der Waals surface area contributed by atoms with E-state index in [4.69, 9.17) is 4.74 Å². The Labute approximate surface area is 107 Å². The van der Waals surface area contributed by atoms with Gasteiger partial charge in [-0.3, -0.25) is 0 Å². The molecule has 2 heteroatoms. The molecular weight excluding hydrogens is 210 g/mol. The molecule has 0 aromatic rings. The number of hydrogen-bond donors (Lipinski definition) is 1. The summed E-state index contributed by atoms with van der Waals surface area (Å²) >= 11 is 0. The molecular formula is C15H29NO. The molecule has 1 N–H and O–H groups in total. The maximum Gasteiger partial charge on any atom is 0.0561 e. The van der Waals surface area contributed by atoms with Crippen LogP contribution >= 0.6 is 0 Å². The summed E-state index contributed by atoms with van der Waals surface area (Å²) in [5.74, 6) is 0.996. The lowest BCUT2D eigenvalue weighted by Gasteiger charge is -2.31. The zero-order chi connectivity index (χ0) is 12.1. The monoisotopic (exact) mass is 239 g/mol. The van der Waals surface area contributed by atoms with Gasteiger partial charge >= 0.3 is 0 Å². The summed E-state index contributed by atoms with van der Waals surface area (Å²) in [5.41, 5.74) is 0. The largest absolute Gasteiger partial charge is 0.378 e.